The number of carbonyl (C=O) groups excluding carboxylic acids is 2. The molecule has 3 N–H and O–H groups in total. The van der Waals surface area contributed by atoms with E-state index in [0.29, 0.717) is 19.2 Å². The Hall–Kier alpha value is -1.27. The third-order valence-corrected chi connectivity index (χ3v) is 1.55. The van der Waals surface area contributed by atoms with Crippen LogP contribution in [0.1, 0.15) is 12.8 Å². The number of carboxylic acids is 1. The molecule has 6 nitrogen and oxygen atoms in total. The Kier molecular flexibility index (Phi) is 7.58. The number of hydrogen-bond donors (Lipinski definition) is 3. The topological polar surface area (TPSA) is 95.5 Å². The second-order valence-electron chi connectivity index (χ2n) is 2.68. The smallest absolute Gasteiger partial charge is 0.303 e. The lowest BCUT2D eigenvalue weighted by atomic mass is 10.2. The lowest BCUT2D eigenvalue weighted by Gasteiger charge is -2.10. The highest BCUT2D eigenvalue weighted by Crippen LogP contribution is 1.93. The highest BCUT2D eigenvalue weighted by molar-refractivity contribution is 5.68. The number of rotatable bonds is 9. The van der Waals surface area contributed by atoms with Crippen LogP contribution in [-0.4, -0.2) is 42.9 Å². The van der Waals surface area contributed by atoms with Crippen LogP contribution in [0.4, 0.5) is 0 Å². The first-order chi connectivity index (χ1) is 6.70. The highest BCUT2D eigenvalue weighted by Gasteiger charge is 2.07. The van der Waals surface area contributed by atoms with E-state index in [1.54, 1.807) is 0 Å². The summed E-state index contributed by atoms with van der Waals surface area (Å²) in [6, 6.07) is -0.481. The van der Waals surface area contributed by atoms with Gasteiger partial charge in [-0.2, -0.15) is 0 Å². The fourth-order valence-corrected chi connectivity index (χ4v) is 0.832. The van der Waals surface area contributed by atoms with Gasteiger partial charge in [-0.05, 0) is 6.42 Å². The van der Waals surface area contributed by atoms with Crippen molar-refractivity contribution in [3.63, 3.8) is 0 Å². The molecule has 6 heteroatoms. The zero-order valence-corrected chi connectivity index (χ0v) is 7.73. The molecule has 0 saturated carbocycles. The normalized spacial score (nSPS) is 12.0. The zero-order valence-electron chi connectivity index (χ0n) is 7.73. The van der Waals surface area contributed by atoms with E-state index in [1.165, 1.54) is 0 Å². The first-order valence-corrected chi connectivity index (χ1v) is 4.25. The van der Waals surface area contributed by atoms with E-state index >= 15 is 0 Å². The van der Waals surface area contributed by atoms with Gasteiger partial charge in [0.05, 0.1) is 12.6 Å². The Bertz CT molecular complexity index is 196. The van der Waals surface area contributed by atoms with Crippen molar-refractivity contribution in [1.29, 1.82) is 0 Å². The molecule has 0 rings (SSSR count). The van der Waals surface area contributed by atoms with Crippen molar-refractivity contribution in [2.45, 2.75) is 18.9 Å². The van der Waals surface area contributed by atoms with Crippen molar-refractivity contribution in [1.82, 2.24) is 10.6 Å². The lowest BCUT2D eigenvalue weighted by molar-refractivity contribution is -0.137. The predicted molar refractivity (Wildman–Crippen MR) is 48.8 cm³/mol. The molecule has 0 fully saturated rings. The van der Waals surface area contributed by atoms with Crippen molar-refractivity contribution in [3.8, 4) is 0 Å². The van der Waals surface area contributed by atoms with Crippen LogP contribution >= 0.6 is 0 Å². The maximum atomic E-state index is 10.4. The maximum absolute atomic E-state index is 10.4. The van der Waals surface area contributed by atoms with Crippen LogP contribution in [0, 0.1) is 0 Å². The monoisotopic (exact) mass is 202 g/mol. The molecule has 0 amide bonds. The lowest BCUT2D eigenvalue weighted by Crippen LogP contribution is -2.38. The minimum atomic E-state index is -0.931. The number of nitrogens with one attached hydrogen (secondary N) is 2. The first-order valence-electron chi connectivity index (χ1n) is 4.25. The molecule has 1 atom stereocenters. The summed E-state index contributed by atoms with van der Waals surface area (Å²) in [5.74, 6) is -0.931. The van der Waals surface area contributed by atoms with E-state index in [2.05, 4.69) is 10.6 Å². The Morgan fingerprint density at radius 1 is 1.43 bits per heavy atom. The van der Waals surface area contributed by atoms with E-state index in [9.17, 15) is 14.4 Å². The average molecular weight is 202 g/mol. The molecule has 0 unspecified atom stereocenters. The molecule has 0 aliphatic rings. The van der Waals surface area contributed by atoms with Gasteiger partial charge in [-0.3, -0.25) is 15.4 Å². The van der Waals surface area contributed by atoms with Crippen LogP contribution in [0.5, 0.6) is 0 Å². The molecule has 0 aliphatic heterocycles. The molecule has 0 heterocycles. The Balaban J connectivity index is 3.52. The predicted octanol–water partition coefficient (Wildman–Crippen LogP) is -1.25. The van der Waals surface area contributed by atoms with Crippen LogP contribution in [-0.2, 0) is 14.4 Å². The van der Waals surface area contributed by atoms with E-state index in [4.69, 9.17) is 5.11 Å². The van der Waals surface area contributed by atoms with Crippen LogP contribution in [0.25, 0.3) is 0 Å². The van der Waals surface area contributed by atoms with Crippen LogP contribution in [0.3, 0.4) is 0 Å². The Labute approximate surface area is 81.7 Å². The summed E-state index contributed by atoms with van der Waals surface area (Å²) < 4.78 is 0. The number of aldehydes is 2. The summed E-state index contributed by atoms with van der Waals surface area (Å²) in [5, 5.41) is 13.8. The third-order valence-electron chi connectivity index (χ3n) is 1.55. The summed E-state index contributed by atoms with van der Waals surface area (Å²) in [6.07, 6.45) is 1.56. The first kappa shape index (κ1) is 12.7. The van der Waals surface area contributed by atoms with Gasteiger partial charge in [0.25, 0.3) is 0 Å². The number of hydrogen-bond acceptors (Lipinski definition) is 5. The highest BCUT2D eigenvalue weighted by atomic mass is 16.4. The maximum Gasteiger partial charge on any atom is 0.303 e. The molecule has 0 saturated heterocycles. The molecule has 0 aliphatic carbocycles. The minimum Gasteiger partial charge on any atom is -0.481 e. The molecule has 14 heavy (non-hydrogen) atoms. The molecular weight excluding hydrogens is 188 g/mol. The minimum absolute atomic E-state index is 0.0515. The number of carbonyl (C=O) groups is 3. The molecule has 0 aromatic heterocycles. The largest absolute Gasteiger partial charge is 0.481 e. The van der Waals surface area contributed by atoms with E-state index in [-0.39, 0.29) is 19.4 Å². The summed E-state index contributed by atoms with van der Waals surface area (Å²) >= 11 is 0. The summed E-state index contributed by atoms with van der Waals surface area (Å²) in [6.45, 7) is 0.513. The number of carboxylic acid groups (broad SMARTS) is 1. The molecule has 0 spiro atoms. The SMILES string of the molecule is O=CCNCN[C@H](C=O)CCC(=O)O. The van der Waals surface area contributed by atoms with Crippen LogP contribution < -0.4 is 10.6 Å². The fraction of sp³-hybridized carbons (Fsp3) is 0.625. The van der Waals surface area contributed by atoms with E-state index in [1.807, 2.05) is 0 Å². The van der Waals surface area contributed by atoms with E-state index in [0.717, 1.165) is 0 Å². The van der Waals surface area contributed by atoms with Crippen molar-refractivity contribution in [3.05, 3.63) is 0 Å². The quantitative estimate of drug-likeness (QED) is 0.246. The van der Waals surface area contributed by atoms with E-state index < -0.39 is 12.0 Å². The Morgan fingerprint density at radius 2 is 2.14 bits per heavy atom. The van der Waals surface area contributed by atoms with Crippen molar-refractivity contribution in [2.24, 2.45) is 0 Å². The second-order valence-corrected chi connectivity index (χ2v) is 2.68. The molecule has 0 bridgehead atoms. The van der Waals surface area contributed by atoms with Crippen molar-refractivity contribution < 1.29 is 19.5 Å². The van der Waals surface area contributed by atoms with Gasteiger partial charge in [-0.25, -0.2) is 0 Å². The third kappa shape index (κ3) is 7.38. The van der Waals surface area contributed by atoms with Gasteiger partial charge in [-0.15, -0.1) is 0 Å². The van der Waals surface area contributed by atoms with Gasteiger partial charge in [0.15, 0.2) is 0 Å². The van der Waals surface area contributed by atoms with Gasteiger partial charge >= 0.3 is 5.97 Å². The average Bonchev–Trinajstić information content (AvgIpc) is 2.16. The van der Waals surface area contributed by atoms with Crippen LogP contribution in [0.2, 0.25) is 0 Å². The molecular formula is C8H14N2O4. The van der Waals surface area contributed by atoms with Crippen molar-refractivity contribution >= 4 is 18.5 Å². The summed E-state index contributed by atoms with van der Waals surface area (Å²) in [5.41, 5.74) is 0. The summed E-state index contributed by atoms with van der Waals surface area (Å²) in [7, 11) is 0. The zero-order chi connectivity index (χ0) is 10.8. The molecule has 0 radical (unpaired) electrons. The second kappa shape index (κ2) is 8.33. The van der Waals surface area contributed by atoms with Gasteiger partial charge in [0, 0.05) is 13.1 Å². The molecule has 0 aromatic rings. The Morgan fingerprint density at radius 3 is 2.64 bits per heavy atom. The van der Waals surface area contributed by atoms with Gasteiger partial charge in [0.2, 0.25) is 0 Å². The van der Waals surface area contributed by atoms with Crippen molar-refractivity contribution in [2.75, 3.05) is 13.2 Å². The van der Waals surface area contributed by atoms with Gasteiger partial charge in [-0.1, -0.05) is 0 Å². The van der Waals surface area contributed by atoms with Crippen LogP contribution in [0.15, 0.2) is 0 Å². The summed E-state index contributed by atoms with van der Waals surface area (Å²) in [4.78, 5) is 30.5. The number of aliphatic carboxylic acids is 1. The molecule has 0 aromatic carbocycles. The standard InChI is InChI=1S/C8H14N2O4/c11-4-3-9-6-10-7(5-12)1-2-8(13)14/h4-5,7,9-10H,1-3,6H2,(H,13,14)/t7-/m0/s1. The van der Waals surface area contributed by atoms with Gasteiger partial charge < -0.3 is 14.7 Å². The fourth-order valence-electron chi connectivity index (χ4n) is 0.832. The van der Waals surface area contributed by atoms with Gasteiger partial charge in [0.1, 0.15) is 12.6 Å². The molecule has 80 valence electrons.